The summed E-state index contributed by atoms with van der Waals surface area (Å²) in [4.78, 5) is -1.65. The average Bonchev–Trinajstić information content (AvgIpc) is 2.89. The molecular weight excluding hydrogens is 707 g/mol. The third-order valence-corrected chi connectivity index (χ3v) is 8.64. The first-order chi connectivity index (χ1) is 17.1. The summed E-state index contributed by atoms with van der Waals surface area (Å²) in [6.07, 6.45) is 0. The van der Waals surface area contributed by atoms with Crippen LogP contribution in [0.5, 0.6) is 0 Å². The zero-order chi connectivity index (χ0) is 26.3. The Morgan fingerprint density at radius 3 is 1.41 bits per heavy atom. The van der Waals surface area contributed by atoms with Crippen molar-refractivity contribution in [3.8, 4) is 0 Å². The molecule has 4 nitrogen and oxygen atoms in total. The van der Waals surface area contributed by atoms with E-state index in [4.69, 9.17) is 11.5 Å². The van der Waals surface area contributed by atoms with Crippen LogP contribution >= 0.6 is 0 Å². The molecule has 4 N–H and O–H groups in total. The van der Waals surface area contributed by atoms with Crippen LogP contribution in [0.15, 0.2) is 114 Å². The first kappa shape index (κ1) is 44.0. The van der Waals surface area contributed by atoms with E-state index in [0.29, 0.717) is 17.0 Å². The molecule has 4 aromatic carbocycles. The van der Waals surface area contributed by atoms with E-state index in [1.807, 2.05) is 31.2 Å². The topological polar surface area (TPSA) is 86.2 Å². The second-order valence-electron chi connectivity index (χ2n) is 9.43. The maximum Gasteiger partial charge on any atom is 4.00 e. The minimum absolute atomic E-state index is 0. The van der Waals surface area contributed by atoms with Crippen molar-refractivity contribution in [1.82, 2.24) is 0 Å². The molecule has 0 aliphatic heterocycles. The Morgan fingerprint density at radius 1 is 0.610 bits per heavy atom. The summed E-state index contributed by atoms with van der Waals surface area (Å²) in [5.41, 5.74) is 17.9. The molecule has 0 aromatic heterocycles. The Hall–Kier alpha value is -1.47. The molecule has 0 saturated carbocycles. The van der Waals surface area contributed by atoms with E-state index in [9.17, 15) is 8.42 Å². The molecule has 41 heavy (non-hydrogen) atoms. The maximum absolute atomic E-state index is 13.6. The molecule has 4 rings (SSSR count). The molecule has 10 heteroatoms. The second-order valence-corrected chi connectivity index (χ2v) is 11.6. The smallest absolute Gasteiger partial charge is 1.00 e. The van der Waals surface area contributed by atoms with Crippen molar-refractivity contribution < 1.29 is 77.5 Å². The molecule has 0 unspecified atom stereocenters. The van der Waals surface area contributed by atoms with Crippen LogP contribution in [0.25, 0.3) is 0 Å². The van der Waals surface area contributed by atoms with Crippen molar-refractivity contribution >= 4 is 9.84 Å². The van der Waals surface area contributed by atoms with Gasteiger partial charge in [0.05, 0.1) is 10.9 Å². The molecule has 224 valence electrons. The van der Waals surface area contributed by atoms with Crippen LogP contribution in [0.2, 0.25) is 0 Å². The van der Waals surface area contributed by atoms with Crippen LogP contribution < -0.4 is 61.1 Å². The summed E-state index contributed by atoms with van der Waals surface area (Å²) in [5.74, 6) is 0.653. The van der Waals surface area contributed by atoms with Gasteiger partial charge in [-0.1, -0.05) is 122 Å². The van der Waals surface area contributed by atoms with Crippen LogP contribution in [0.3, 0.4) is 0 Å². The summed E-state index contributed by atoms with van der Waals surface area (Å²) < 4.78 is 27.2. The van der Waals surface area contributed by atoms with Gasteiger partial charge in [-0.25, -0.2) is 8.42 Å². The van der Waals surface area contributed by atoms with Gasteiger partial charge in [-0.05, 0) is 48.6 Å². The SMILES string of the molecule is Cc1ccc(C(C)C)cc1.Cc1ccc(S(=O)(=O)[C@@](N)(c2ccccc2)[C@H](N)c2ccccc2)cc1.[Cl-].[Cl-].[Cl-].[Cl-].[Ru+4]. The van der Waals surface area contributed by atoms with E-state index >= 15 is 0 Å². The normalized spacial score (nSPS) is 12.2. The molecule has 4 aromatic rings. The van der Waals surface area contributed by atoms with E-state index in [-0.39, 0.29) is 74.0 Å². The van der Waals surface area contributed by atoms with Gasteiger partial charge in [0.25, 0.3) is 0 Å². The van der Waals surface area contributed by atoms with Gasteiger partial charge in [0.1, 0.15) is 0 Å². The number of hydrogen-bond donors (Lipinski definition) is 2. The van der Waals surface area contributed by atoms with E-state index in [1.54, 1.807) is 60.7 Å². The molecule has 2 atom stereocenters. The largest absolute Gasteiger partial charge is 4.00 e. The van der Waals surface area contributed by atoms with Gasteiger partial charge in [-0.2, -0.15) is 0 Å². The Balaban J connectivity index is -0.000000832. The number of halogens is 4. The number of nitrogens with two attached hydrogens (primary N) is 2. The first-order valence-corrected chi connectivity index (χ1v) is 13.6. The Labute approximate surface area is 283 Å². The van der Waals surface area contributed by atoms with Gasteiger partial charge < -0.3 is 61.1 Å². The molecule has 0 spiro atoms. The molecule has 0 fully saturated rings. The van der Waals surface area contributed by atoms with E-state index < -0.39 is 20.8 Å². The van der Waals surface area contributed by atoms with E-state index in [0.717, 1.165) is 5.56 Å². The fourth-order valence-corrected chi connectivity index (χ4v) is 5.77. The van der Waals surface area contributed by atoms with Crippen molar-refractivity contribution in [2.45, 2.75) is 49.4 Å². The maximum atomic E-state index is 13.6. The van der Waals surface area contributed by atoms with Crippen LogP contribution in [0.4, 0.5) is 0 Å². The summed E-state index contributed by atoms with van der Waals surface area (Å²) in [7, 11) is -3.97. The van der Waals surface area contributed by atoms with Crippen LogP contribution in [0, 0.1) is 13.8 Å². The summed E-state index contributed by atoms with van der Waals surface area (Å²) in [6, 6.07) is 32.3. The molecule has 0 heterocycles. The number of benzene rings is 4. The van der Waals surface area contributed by atoms with Gasteiger partial charge in [0.2, 0.25) is 9.84 Å². The third-order valence-electron chi connectivity index (χ3n) is 6.37. The zero-order valence-electron chi connectivity index (χ0n) is 23.3. The molecule has 0 aliphatic rings. The predicted molar refractivity (Wildman–Crippen MR) is 149 cm³/mol. The summed E-state index contributed by atoms with van der Waals surface area (Å²) >= 11 is 0. The molecular formula is C31H36Cl4N2O2RuS. The zero-order valence-corrected chi connectivity index (χ0v) is 28.9. The van der Waals surface area contributed by atoms with E-state index in [2.05, 4.69) is 45.0 Å². The van der Waals surface area contributed by atoms with E-state index in [1.165, 1.54) is 11.1 Å². The van der Waals surface area contributed by atoms with Crippen LogP contribution in [-0.4, -0.2) is 8.42 Å². The first-order valence-electron chi connectivity index (χ1n) is 12.1. The molecule has 0 saturated heterocycles. The van der Waals surface area contributed by atoms with Crippen molar-refractivity contribution in [2.75, 3.05) is 0 Å². The Bertz CT molecular complexity index is 1360. The number of sulfone groups is 1. The average molecular weight is 744 g/mol. The summed E-state index contributed by atoms with van der Waals surface area (Å²) in [6.45, 7) is 8.44. The van der Waals surface area contributed by atoms with Gasteiger partial charge in [-0.3, -0.25) is 0 Å². The minimum atomic E-state index is -3.97. The third kappa shape index (κ3) is 10.6. The van der Waals surface area contributed by atoms with Crippen molar-refractivity contribution in [3.63, 3.8) is 0 Å². The van der Waals surface area contributed by atoms with Crippen molar-refractivity contribution in [2.24, 2.45) is 11.5 Å². The van der Waals surface area contributed by atoms with Gasteiger partial charge in [0.15, 0.2) is 4.87 Å². The molecule has 0 bridgehead atoms. The van der Waals surface area contributed by atoms with Crippen LogP contribution in [-0.2, 0) is 34.2 Å². The predicted octanol–water partition coefficient (Wildman–Crippen LogP) is -5.59. The fourth-order valence-electron chi connectivity index (χ4n) is 3.97. The molecule has 0 radical (unpaired) electrons. The summed E-state index contributed by atoms with van der Waals surface area (Å²) in [5, 5.41) is 0. The van der Waals surface area contributed by atoms with Gasteiger partial charge in [-0.15, -0.1) is 0 Å². The number of hydrogen-bond acceptors (Lipinski definition) is 4. The van der Waals surface area contributed by atoms with Crippen molar-refractivity contribution in [3.05, 3.63) is 137 Å². The Kier molecular flexibility index (Phi) is 21.1. The molecule has 0 amide bonds. The molecule has 0 aliphatic carbocycles. The minimum Gasteiger partial charge on any atom is -1.00 e. The standard InChI is InChI=1S/C21H22N2O2S.C10H14.4ClH.Ru/c1-16-12-14-19(15-13-16)26(24,25)21(23,18-10-6-3-7-11-18)20(22)17-8-4-2-5-9-17;1-8(2)10-6-4-9(3)5-7-10;;;;;/h2-15,20H,22-23H2,1H3;4-8H,1-3H3;4*1H;/q;;;;;;+4/p-4/t20-,21+;;;;;;/m1....../s1. The number of aryl methyl sites for hydroxylation is 2. The number of rotatable bonds is 6. The van der Waals surface area contributed by atoms with Gasteiger partial charge in [0, 0.05) is 0 Å². The van der Waals surface area contributed by atoms with Crippen molar-refractivity contribution in [1.29, 1.82) is 0 Å². The monoisotopic (exact) mass is 742 g/mol. The van der Waals surface area contributed by atoms with Gasteiger partial charge >= 0.3 is 19.5 Å². The quantitative estimate of drug-likeness (QED) is 0.193. The fraction of sp³-hybridized carbons (Fsp3) is 0.226. The Morgan fingerprint density at radius 2 is 1.00 bits per heavy atom. The van der Waals surface area contributed by atoms with Crippen LogP contribution in [0.1, 0.15) is 53.6 Å². The second kappa shape index (κ2) is 19.7.